The van der Waals surface area contributed by atoms with Gasteiger partial charge >= 0.3 is 6.03 Å². The number of hydrogen-bond donors (Lipinski definition) is 1. The smallest absolute Gasteiger partial charge is 0.321 e. The van der Waals surface area contributed by atoms with Crippen LogP contribution < -0.4 is 5.32 Å². The van der Waals surface area contributed by atoms with Crippen LogP contribution in [0.2, 0.25) is 0 Å². The van der Waals surface area contributed by atoms with E-state index in [2.05, 4.69) is 22.9 Å². The minimum absolute atomic E-state index is 0.133. The molecule has 3 heterocycles. The number of aromatic nitrogens is 1. The maximum Gasteiger partial charge on any atom is 0.321 e. The molecule has 1 aliphatic heterocycles. The quantitative estimate of drug-likeness (QED) is 0.773. The van der Waals surface area contributed by atoms with Gasteiger partial charge in [-0.05, 0) is 42.6 Å². The van der Waals surface area contributed by atoms with Crippen LogP contribution in [0.3, 0.4) is 0 Å². The van der Waals surface area contributed by atoms with E-state index in [1.54, 1.807) is 21.9 Å². The molecule has 7 heteroatoms. The molecular formula is C20H22N4O3. The van der Waals surface area contributed by atoms with Crippen molar-refractivity contribution in [1.82, 2.24) is 14.4 Å². The Bertz CT molecular complexity index is 953. The van der Waals surface area contributed by atoms with Gasteiger partial charge in [-0.3, -0.25) is 4.79 Å². The minimum atomic E-state index is -0.144. The van der Waals surface area contributed by atoms with Gasteiger partial charge < -0.3 is 24.1 Å². The summed E-state index contributed by atoms with van der Waals surface area (Å²) in [7, 11) is 0. The van der Waals surface area contributed by atoms with E-state index in [0.29, 0.717) is 31.9 Å². The Morgan fingerprint density at radius 3 is 2.56 bits per heavy atom. The number of nitrogens with one attached hydrogen (secondary N) is 1. The second-order valence-electron chi connectivity index (χ2n) is 6.56. The molecule has 1 aromatic carbocycles. The van der Waals surface area contributed by atoms with Crippen LogP contribution in [0, 0.1) is 0 Å². The molecule has 140 valence electrons. The van der Waals surface area contributed by atoms with Gasteiger partial charge in [0.1, 0.15) is 0 Å². The molecule has 4 rings (SSSR count). The molecule has 0 saturated carbocycles. The van der Waals surface area contributed by atoms with Crippen LogP contribution >= 0.6 is 0 Å². The van der Waals surface area contributed by atoms with Crippen molar-refractivity contribution >= 4 is 28.5 Å². The van der Waals surface area contributed by atoms with Crippen LogP contribution in [0.25, 0.3) is 10.9 Å². The topological polar surface area (TPSA) is 70.7 Å². The molecule has 27 heavy (non-hydrogen) atoms. The van der Waals surface area contributed by atoms with Gasteiger partial charge in [-0.15, -0.1) is 0 Å². The maximum atomic E-state index is 12.6. The van der Waals surface area contributed by atoms with Gasteiger partial charge in [0.25, 0.3) is 5.91 Å². The Morgan fingerprint density at radius 1 is 1.07 bits per heavy atom. The number of anilines is 1. The summed E-state index contributed by atoms with van der Waals surface area (Å²) >= 11 is 0. The van der Waals surface area contributed by atoms with Crippen LogP contribution in [-0.4, -0.2) is 52.5 Å². The molecule has 0 aliphatic carbocycles. The first-order valence-electron chi connectivity index (χ1n) is 9.13. The van der Waals surface area contributed by atoms with Gasteiger partial charge in [0.15, 0.2) is 5.76 Å². The van der Waals surface area contributed by atoms with Crippen molar-refractivity contribution in [2.75, 3.05) is 31.5 Å². The number of nitrogens with zero attached hydrogens (tertiary/aromatic N) is 3. The average molecular weight is 366 g/mol. The van der Waals surface area contributed by atoms with E-state index >= 15 is 0 Å². The van der Waals surface area contributed by atoms with E-state index in [0.717, 1.165) is 23.1 Å². The fourth-order valence-corrected chi connectivity index (χ4v) is 3.41. The summed E-state index contributed by atoms with van der Waals surface area (Å²) in [5.41, 5.74) is 1.87. The van der Waals surface area contributed by atoms with Gasteiger partial charge in [0.05, 0.1) is 11.8 Å². The number of aryl methyl sites for hydroxylation is 1. The Morgan fingerprint density at radius 2 is 1.85 bits per heavy atom. The molecule has 0 radical (unpaired) electrons. The first-order chi connectivity index (χ1) is 13.2. The van der Waals surface area contributed by atoms with Crippen molar-refractivity contribution in [3.8, 4) is 0 Å². The van der Waals surface area contributed by atoms with Crippen molar-refractivity contribution in [1.29, 1.82) is 0 Å². The summed E-state index contributed by atoms with van der Waals surface area (Å²) in [6.07, 6.45) is 3.54. The van der Waals surface area contributed by atoms with Crippen LogP contribution in [-0.2, 0) is 6.54 Å². The summed E-state index contributed by atoms with van der Waals surface area (Å²) < 4.78 is 7.31. The molecule has 0 atom stereocenters. The molecule has 7 nitrogen and oxygen atoms in total. The second-order valence-corrected chi connectivity index (χ2v) is 6.56. The van der Waals surface area contributed by atoms with Gasteiger partial charge in [-0.25, -0.2) is 4.79 Å². The van der Waals surface area contributed by atoms with Crippen molar-refractivity contribution in [3.63, 3.8) is 0 Å². The number of carbonyl (C=O) groups excluding carboxylic acids is 2. The summed E-state index contributed by atoms with van der Waals surface area (Å²) in [5, 5.41) is 4.12. The van der Waals surface area contributed by atoms with Crippen molar-refractivity contribution in [2.24, 2.45) is 0 Å². The molecule has 0 bridgehead atoms. The SMILES string of the molecule is CCn1ccc2ccc(NC(=O)N3CCN(C(=O)c4ccco4)CC3)cc21. The van der Waals surface area contributed by atoms with E-state index in [1.807, 2.05) is 24.4 Å². The van der Waals surface area contributed by atoms with E-state index in [9.17, 15) is 9.59 Å². The maximum absolute atomic E-state index is 12.6. The summed E-state index contributed by atoms with van der Waals surface area (Å²) in [4.78, 5) is 28.3. The third-order valence-electron chi connectivity index (χ3n) is 4.95. The van der Waals surface area contributed by atoms with E-state index in [-0.39, 0.29) is 11.9 Å². The zero-order chi connectivity index (χ0) is 18.8. The Labute approximate surface area is 157 Å². The predicted molar refractivity (Wildman–Crippen MR) is 103 cm³/mol. The molecule has 3 amide bonds. The number of rotatable bonds is 3. The molecule has 0 unspecified atom stereocenters. The van der Waals surface area contributed by atoms with Crippen LogP contribution in [0.4, 0.5) is 10.5 Å². The Hall–Kier alpha value is -3.22. The average Bonchev–Trinajstić information content (AvgIpc) is 3.37. The van der Waals surface area contributed by atoms with Gasteiger partial charge in [0.2, 0.25) is 0 Å². The van der Waals surface area contributed by atoms with Crippen molar-refractivity contribution < 1.29 is 14.0 Å². The highest BCUT2D eigenvalue weighted by Gasteiger charge is 2.26. The first-order valence-corrected chi connectivity index (χ1v) is 9.13. The lowest BCUT2D eigenvalue weighted by molar-refractivity contribution is 0.0640. The molecule has 1 aliphatic rings. The van der Waals surface area contributed by atoms with Gasteiger partial charge in [-0.2, -0.15) is 0 Å². The molecule has 3 aromatic rings. The summed E-state index contributed by atoms with van der Waals surface area (Å²) in [5.74, 6) is 0.200. The zero-order valence-corrected chi connectivity index (χ0v) is 15.2. The Balaban J connectivity index is 1.37. The third kappa shape index (κ3) is 3.40. The van der Waals surface area contributed by atoms with Crippen LogP contribution in [0.5, 0.6) is 0 Å². The lowest BCUT2D eigenvalue weighted by atomic mass is 10.2. The molecule has 1 saturated heterocycles. The number of fused-ring (bicyclic) bond motifs is 1. The minimum Gasteiger partial charge on any atom is -0.459 e. The second kappa shape index (κ2) is 7.19. The first kappa shape index (κ1) is 17.2. The van der Waals surface area contributed by atoms with Gasteiger partial charge in [-0.1, -0.05) is 6.07 Å². The molecule has 2 aromatic heterocycles. The van der Waals surface area contributed by atoms with Crippen LogP contribution in [0.15, 0.2) is 53.3 Å². The highest BCUT2D eigenvalue weighted by atomic mass is 16.3. The highest BCUT2D eigenvalue weighted by Crippen LogP contribution is 2.21. The monoisotopic (exact) mass is 366 g/mol. The van der Waals surface area contributed by atoms with E-state index < -0.39 is 0 Å². The highest BCUT2D eigenvalue weighted by molar-refractivity contribution is 5.94. The van der Waals surface area contributed by atoms with Crippen LogP contribution in [0.1, 0.15) is 17.5 Å². The van der Waals surface area contributed by atoms with Gasteiger partial charge in [0, 0.05) is 44.6 Å². The molecule has 1 N–H and O–H groups in total. The van der Waals surface area contributed by atoms with Crippen molar-refractivity contribution in [2.45, 2.75) is 13.5 Å². The predicted octanol–water partition coefficient (Wildman–Crippen LogP) is 3.24. The number of amides is 3. The Kier molecular flexibility index (Phi) is 4.58. The largest absolute Gasteiger partial charge is 0.459 e. The number of hydrogen-bond acceptors (Lipinski definition) is 3. The fourth-order valence-electron chi connectivity index (χ4n) is 3.41. The summed E-state index contributed by atoms with van der Waals surface area (Å²) in [6.45, 7) is 4.94. The standard InChI is InChI=1S/C20H22N4O3/c1-2-22-8-7-15-5-6-16(14-17(15)22)21-20(26)24-11-9-23(10-12-24)19(25)18-4-3-13-27-18/h3-8,13-14H,2,9-12H2,1H3,(H,21,26). The van der Waals surface area contributed by atoms with E-state index in [1.165, 1.54) is 6.26 Å². The molecule has 1 fully saturated rings. The number of carbonyl (C=O) groups is 2. The number of benzene rings is 1. The third-order valence-corrected chi connectivity index (χ3v) is 4.95. The fraction of sp³-hybridized carbons (Fsp3) is 0.300. The number of furan rings is 1. The number of urea groups is 1. The molecule has 0 spiro atoms. The number of piperazine rings is 1. The molecular weight excluding hydrogens is 344 g/mol. The lowest BCUT2D eigenvalue weighted by Crippen LogP contribution is -2.51. The normalized spacial score (nSPS) is 14.6. The lowest BCUT2D eigenvalue weighted by Gasteiger charge is -2.34. The van der Waals surface area contributed by atoms with Crippen molar-refractivity contribution in [3.05, 3.63) is 54.6 Å². The summed E-state index contributed by atoms with van der Waals surface area (Å²) in [6, 6.07) is 11.2. The zero-order valence-electron chi connectivity index (χ0n) is 15.2. The van der Waals surface area contributed by atoms with E-state index in [4.69, 9.17) is 4.42 Å².